The van der Waals surface area contributed by atoms with Crippen molar-refractivity contribution < 1.29 is 4.74 Å². The summed E-state index contributed by atoms with van der Waals surface area (Å²) in [5.74, 6) is 0.900. The maximum atomic E-state index is 5.74. The number of ether oxygens (including phenoxy) is 1. The fourth-order valence-corrected chi connectivity index (χ4v) is 2.15. The van der Waals surface area contributed by atoms with Crippen molar-refractivity contribution in [3.8, 4) is 5.75 Å². The number of aryl methyl sites for hydroxylation is 1. The van der Waals surface area contributed by atoms with Crippen LogP contribution in [0.5, 0.6) is 5.75 Å². The Kier molecular flexibility index (Phi) is 4.22. The van der Waals surface area contributed by atoms with Crippen molar-refractivity contribution in [2.75, 3.05) is 7.05 Å². The second-order valence-electron chi connectivity index (χ2n) is 4.91. The van der Waals surface area contributed by atoms with Gasteiger partial charge < -0.3 is 10.1 Å². The highest BCUT2D eigenvalue weighted by atomic mass is 16.5. The molecule has 0 amide bonds. The molecule has 0 saturated carbocycles. The van der Waals surface area contributed by atoms with Crippen LogP contribution in [0.3, 0.4) is 0 Å². The Morgan fingerprint density at radius 2 is 2.05 bits per heavy atom. The predicted molar refractivity (Wildman–Crippen MR) is 76.3 cm³/mol. The van der Waals surface area contributed by atoms with Crippen LogP contribution in [0, 0.1) is 0 Å². The van der Waals surface area contributed by atoms with E-state index >= 15 is 0 Å². The van der Waals surface area contributed by atoms with E-state index in [9.17, 15) is 0 Å². The molecule has 4 heteroatoms. The van der Waals surface area contributed by atoms with Crippen LogP contribution in [0.4, 0.5) is 0 Å². The van der Waals surface area contributed by atoms with Gasteiger partial charge in [0.1, 0.15) is 5.75 Å². The zero-order valence-electron chi connectivity index (χ0n) is 11.9. The van der Waals surface area contributed by atoms with Crippen molar-refractivity contribution in [3.05, 3.63) is 47.8 Å². The van der Waals surface area contributed by atoms with Gasteiger partial charge in [-0.25, -0.2) is 0 Å². The first-order valence-corrected chi connectivity index (χ1v) is 6.52. The lowest BCUT2D eigenvalue weighted by Crippen LogP contribution is -2.17. The van der Waals surface area contributed by atoms with Gasteiger partial charge in [-0.15, -0.1) is 0 Å². The molecule has 2 rings (SSSR count). The normalized spacial score (nSPS) is 12.7. The molecule has 102 valence electrons. The monoisotopic (exact) mass is 259 g/mol. The van der Waals surface area contributed by atoms with Crippen molar-refractivity contribution in [3.63, 3.8) is 0 Å². The molecule has 19 heavy (non-hydrogen) atoms. The van der Waals surface area contributed by atoms with E-state index in [0.29, 0.717) is 0 Å². The molecule has 1 aromatic carbocycles. The van der Waals surface area contributed by atoms with Gasteiger partial charge in [-0.05, 0) is 38.6 Å². The van der Waals surface area contributed by atoms with Gasteiger partial charge in [-0.2, -0.15) is 5.10 Å². The SMILES string of the molecule is CNC(c1cccc(OC(C)C)c1)c1cnn(C)c1. The molecule has 0 bridgehead atoms. The van der Waals surface area contributed by atoms with Gasteiger partial charge in [-0.1, -0.05) is 12.1 Å². The molecule has 1 unspecified atom stereocenters. The molecule has 4 nitrogen and oxygen atoms in total. The molecule has 0 aliphatic heterocycles. The fourth-order valence-electron chi connectivity index (χ4n) is 2.15. The second kappa shape index (κ2) is 5.89. The average Bonchev–Trinajstić information content (AvgIpc) is 2.76. The summed E-state index contributed by atoms with van der Waals surface area (Å²) < 4.78 is 7.56. The molecule has 0 aliphatic rings. The van der Waals surface area contributed by atoms with Crippen molar-refractivity contribution in [1.29, 1.82) is 0 Å². The Labute approximate surface area is 114 Å². The lowest BCUT2D eigenvalue weighted by Gasteiger charge is -2.17. The summed E-state index contributed by atoms with van der Waals surface area (Å²) in [6, 6.07) is 8.31. The summed E-state index contributed by atoms with van der Waals surface area (Å²) in [4.78, 5) is 0. The predicted octanol–water partition coefficient (Wildman–Crippen LogP) is 2.52. The van der Waals surface area contributed by atoms with Gasteiger partial charge in [0.15, 0.2) is 0 Å². The third-order valence-corrected chi connectivity index (χ3v) is 2.91. The quantitative estimate of drug-likeness (QED) is 0.896. The molecule has 0 saturated heterocycles. The van der Waals surface area contributed by atoms with E-state index in [1.807, 2.05) is 57.2 Å². The molecule has 2 aromatic rings. The van der Waals surface area contributed by atoms with E-state index < -0.39 is 0 Å². The van der Waals surface area contributed by atoms with Crippen molar-refractivity contribution in [1.82, 2.24) is 15.1 Å². The minimum absolute atomic E-state index is 0.129. The third-order valence-electron chi connectivity index (χ3n) is 2.91. The van der Waals surface area contributed by atoms with Gasteiger partial charge >= 0.3 is 0 Å². The zero-order valence-corrected chi connectivity index (χ0v) is 11.9. The van der Waals surface area contributed by atoms with Crippen LogP contribution >= 0.6 is 0 Å². The van der Waals surface area contributed by atoms with Crippen molar-refractivity contribution in [2.24, 2.45) is 7.05 Å². The minimum atomic E-state index is 0.129. The summed E-state index contributed by atoms with van der Waals surface area (Å²) in [6.45, 7) is 4.06. The van der Waals surface area contributed by atoms with Crippen LogP contribution in [0.2, 0.25) is 0 Å². The maximum absolute atomic E-state index is 5.74. The second-order valence-corrected chi connectivity index (χ2v) is 4.91. The summed E-state index contributed by atoms with van der Waals surface area (Å²) in [5, 5.41) is 7.55. The summed E-state index contributed by atoms with van der Waals surface area (Å²) in [5.41, 5.74) is 2.32. The van der Waals surface area contributed by atoms with Crippen LogP contribution in [0.25, 0.3) is 0 Å². The van der Waals surface area contributed by atoms with Crippen molar-refractivity contribution in [2.45, 2.75) is 26.0 Å². The molecule has 0 radical (unpaired) electrons. The molecule has 1 aromatic heterocycles. The Hall–Kier alpha value is -1.81. The number of hydrogen-bond donors (Lipinski definition) is 1. The largest absolute Gasteiger partial charge is 0.491 e. The Balaban J connectivity index is 2.28. The van der Waals surface area contributed by atoms with E-state index in [1.54, 1.807) is 0 Å². The number of benzene rings is 1. The van der Waals surface area contributed by atoms with Crippen LogP contribution in [0.15, 0.2) is 36.7 Å². The molecule has 0 fully saturated rings. The maximum Gasteiger partial charge on any atom is 0.120 e. The van der Waals surface area contributed by atoms with Gasteiger partial charge in [-0.3, -0.25) is 4.68 Å². The molecule has 1 atom stereocenters. The first-order chi connectivity index (χ1) is 9.10. The zero-order chi connectivity index (χ0) is 13.8. The first kappa shape index (κ1) is 13.6. The molecule has 1 heterocycles. The standard InChI is InChI=1S/C15H21N3O/c1-11(2)19-14-7-5-6-12(8-14)15(16-3)13-9-17-18(4)10-13/h5-11,15-16H,1-4H3. The van der Waals surface area contributed by atoms with E-state index in [2.05, 4.69) is 22.5 Å². The first-order valence-electron chi connectivity index (χ1n) is 6.52. The van der Waals surface area contributed by atoms with Gasteiger partial charge in [0, 0.05) is 18.8 Å². The number of nitrogens with zero attached hydrogens (tertiary/aromatic N) is 2. The van der Waals surface area contributed by atoms with Gasteiger partial charge in [0.25, 0.3) is 0 Å². The highest BCUT2D eigenvalue weighted by Crippen LogP contribution is 2.25. The number of hydrogen-bond acceptors (Lipinski definition) is 3. The number of rotatable bonds is 5. The van der Waals surface area contributed by atoms with Crippen LogP contribution < -0.4 is 10.1 Å². The van der Waals surface area contributed by atoms with E-state index in [4.69, 9.17) is 4.74 Å². The van der Waals surface area contributed by atoms with Crippen molar-refractivity contribution >= 4 is 0 Å². The van der Waals surface area contributed by atoms with E-state index in [0.717, 1.165) is 11.3 Å². The summed E-state index contributed by atoms with van der Waals surface area (Å²) in [7, 11) is 3.88. The molecule has 0 aliphatic carbocycles. The average molecular weight is 259 g/mol. The van der Waals surface area contributed by atoms with E-state index in [1.165, 1.54) is 5.56 Å². The third kappa shape index (κ3) is 3.35. The highest BCUT2D eigenvalue weighted by molar-refractivity contribution is 5.35. The molecular formula is C15H21N3O. The van der Waals surface area contributed by atoms with Gasteiger partial charge in [0.2, 0.25) is 0 Å². The minimum Gasteiger partial charge on any atom is -0.491 e. The number of aromatic nitrogens is 2. The molecule has 0 spiro atoms. The lowest BCUT2D eigenvalue weighted by molar-refractivity contribution is 0.242. The molecule has 1 N–H and O–H groups in total. The smallest absolute Gasteiger partial charge is 0.120 e. The topological polar surface area (TPSA) is 39.1 Å². The highest BCUT2D eigenvalue weighted by Gasteiger charge is 2.14. The lowest BCUT2D eigenvalue weighted by atomic mass is 10.0. The Morgan fingerprint density at radius 1 is 1.26 bits per heavy atom. The van der Waals surface area contributed by atoms with Crippen LogP contribution in [-0.4, -0.2) is 22.9 Å². The van der Waals surface area contributed by atoms with Crippen LogP contribution in [-0.2, 0) is 7.05 Å². The summed E-state index contributed by atoms with van der Waals surface area (Å²) >= 11 is 0. The fraction of sp³-hybridized carbons (Fsp3) is 0.400. The van der Waals surface area contributed by atoms with Gasteiger partial charge in [0.05, 0.1) is 18.3 Å². The van der Waals surface area contributed by atoms with E-state index in [-0.39, 0.29) is 12.1 Å². The molecular weight excluding hydrogens is 238 g/mol. The Bertz CT molecular complexity index is 534. The van der Waals surface area contributed by atoms with Crippen LogP contribution in [0.1, 0.15) is 31.0 Å². The summed E-state index contributed by atoms with van der Waals surface area (Å²) in [6.07, 6.45) is 4.09. The Morgan fingerprint density at radius 3 is 2.63 bits per heavy atom. The number of nitrogens with one attached hydrogen (secondary N) is 1.